The maximum atomic E-state index is 10.6. The van der Waals surface area contributed by atoms with Crippen LogP contribution in [0.3, 0.4) is 0 Å². The fourth-order valence-corrected chi connectivity index (χ4v) is 1.32. The molecular formula is C11H13O2. The predicted molar refractivity (Wildman–Crippen MR) is 50.6 cm³/mol. The Labute approximate surface area is 78.2 Å². The van der Waals surface area contributed by atoms with Crippen LogP contribution < -0.4 is 0 Å². The van der Waals surface area contributed by atoms with Gasteiger partial charge in [0.05, 0.1) is 6.42 Å². The molecule has 1 N–H and O–H groups in total. The highest BCUT2D eigenvalue weighted by Crippen LogP contribution is 2.26. The van der Waals surface area contributed by atoms with E-state index in [9.17, 15) is 4.79 Å². The van der Waals surface area contributed by atoms with Gasteiger partial charge in [0, 0.05) is 5.41 Å². The maximum Gasteiger partial charge on any atom is 0.304 e. The molecule has 0 amide bonds. The Morgan fingerprint density at radius 1 is 1.46 bits per heavy atom. The quantitative estimate of drug-likeness (QED) is 0.768. The van der Waals surface area contributed by atoms with Gasteiger partial charge in [0.15, 0.2) is 0 Å². The zero-order valence-corrected chi connectivity index (χ0v) is 7.87. The number of hydrogen-bond donors (Lipinski definition) is 1. The van der Waals surface area contributed by atoms with Gasteiger partial charge >= 0.3 is 5.97 Å². The van der Waals surface area contributed by atoms with Crippen molar-refractivity contribution in [3.05, 3.63) is 35.9 Å². The minimum Gasteiger partial charge on any atom is -0.481 e. The first-order chi connectivity index (χ1) is 6.02. The third kappa shape index (κ3) is 2.58. The van der Waals surface area contributed by atoms with Gasteiger partial charge in [0.1, 0.15) is 0 Å². The third-order valence-electron chi connectivity index (χ3n) is 2.09. The Hall–Kier alpha value is -1.31. The largest absolute Gasteiger partial charge is 0.481 e. The van der Waals surface area contributed by atoms with E-state index in [1.807, 2.05) is 26.0 Å². The second-order valence-electron chi connectivity index (χ2n) is 3.74. The molecule has 0 aliphatic carbocycles. The van der Waals surface area contributed by atoms with Crippen LogP contribution >= 0.6 is 0 Å². The average Bonchev–Trinajstić information content (AvgIpc) is 2.04. The Balaban J connectivity index is 2.87. The molecule has 2 nitrogen and oxygen atoms in total. The molecule has 1 rings (SSSR count). The van der Waals surface area contributed by atoms with Crippen LogP contribution in [0.4, 0.5) is 0 Å². The van der Waals surface area contributed by atoms with E-state index in [1.165, 1.54) is 0 Å². The minimum absolute atomic E-state index is 0.150. The molecule has 0 atom stereocenters. The van der Waals surface area contributed by atoms with Crippen LogP contribution in [0, 0.1) is 6.07 Å². The molecular weight excluding hydrogens is 164 g/mol. The summed E-state index contributed by atoms with van der Waals surface area (Å²) in [5, 5.41) is 8.70. The zero-order valence-electron chi connectivity index (χ0n) is 7.87. The second-order valence-corrected chi connectivity index (χ2v) is 3.74. The van der Waals surface area contributed by atoms with Gasteiger partial charge in [-0.05, 0) is 11.6 Å². The van der Waals surface area contributed by atoms with Crippen molar-refractivity contribution in [3.63, 3.8) is 0 Å². The summed E-state index contributed by atoms with van der Waals surface area (Å²) in [4.78, 5) is 10.6. The van der Waals surface area contributed by atoms with E-state index < -0.39 is 5.97 Å². The first-order valence-corrected chi connectivity index (χ1v) is 4.21. The topological polar surface area (TPSA) is 37.3 Å². The second kappa shape index (κ2) is 3.60. The zero-order chi connectivity index (χ0) is 9.90. The molecule has 0 aliphatic rings. The van der Waals surface area contributed by atoms with Gasteiger partial charge in [-0.2, -0.15) is 0 Å². The minimum atomic E-state index is -0.766. The van der Waals surface area contributed by atoms with Crippen molar-refractivity contribution in [2.24, 2.45) is 0 Å². The smallest absolute Gasteiger partial charge is 0.304 e. The van der Waals surface area contributed by atoms with E-state index in [1.54, 1.807) is 12.1 Å². The molecule has 0 bridgehead atoms. The fraction of sp³-hybridized carbons (Fsp3) is 0.364. The third-order valence-corrected chi connectivity index (χ3v) is 2.09. The van der Waals surface area contributed by atoms with E-state index in [0.29, 0.717) is 0 Å². The molecule has 0 fully saturated rings. The maximum absolute atomic E-state index is 10.6. The first kappa shape index (κ1) is 9.78. The van der Waals surface area contributed by atoms with Crippen LogP contribution in [0.5, 0.6) is 0 Å². The lowest BCUT2D eigenvalue weighted by atomic mass is 9.82. The molecule has 13 heavy (non-hydrogen) atoms. The molecule has 0 aliphatic heterocycles. The number of hydrogen-bond acceptors (Lipinski definition) is 1. The van der Waals surface area contributed by atoms with Crippen molar-refractivity contribution in [3.8, 4) is 0 Å². The van der Waals surface area contributed by atoms with E-state index in [0.717, 1.165) is 5.56 Å². The molecule has 0 aromatic heterocycles. The van der Waals surface area contributed by atoms with E-state index in [4.69, 9.17) is 5.11 Å². The summed E-state index contributed by atoms with van der Waals surface area (Å²) in [7, 11) is 0. The van der Waals surface area contributed by atoms with Crippen molar-refractivity contribution in [1.82, 2.24) is 0 Å². The van der Waals surface area contributed by atoms with Gasteiger partial charge in [-0.25, -0.2) is 0 Å². The van der Waals surface area contributed by atoms with Crippen molar-refractivity contribution in [1.29, 1.82) is 0 Å². The van der Waals surface area contributed by atoms with Gasteiger partial charge < -0.3 is 5.11 Å². The predicted octanol–water partition coefficient (Wildman–Crippen LogP) is 2.24. The molecule has 0 heterocycles. The molecule has 0 saturated carbocycles. The summed E-state index contributed by atoms with van der Waals surface area (Å²) in [6.07, 6.45) is 0.150. The number of rotatable bonds is 3. The van der Waals surface area contributed by atoms with Gasteiger partial charge in [0.25, 0.3) is 0 Å². The van der Waals surface area contributed by atoms with Crippen LogP contribution in [0.25, 0.3) is 0 Å². The molecule has 69 valence electrons. The van der Waals surface area contributed by atoms with E-state index in [-0.39, 0.29) is 11.8 Å². The normalized spacial score (nSPS) is 11.2. The average molecular weight is 177 g/mol. The number of carboxylic acid groups (broad SMARTS) is 1. The molecule has 1 aromatic rings. The van der Waals surface area contributed by atoms with Gasteiger partial charge in [-0.15, -0.1) is 0 Å². The van der Waals surface area contributed by atoms with Crippen molar-refractivity contribution in [2.45, 2.75) is 25.7 Å². The van der Waals surface area contributed by atoms with Crippen molar-refractivity contribution < 1.29 is 9.90 Å². The number of aliphatic carboxylic acids is 1. The van der Waals surface area contributed by atoms with Crippen LogP contribution in [-0.2, 0) is 10.2 Å². The van der Waals surface area contributed by atoms with Crippen molar-refractivity contribution >= 4 is 5.97 Å². The highest BCUT2D eigenvalue weighted by atomic mass is 16.4. The Kier molecular flexibility index (Phi) is 2.71. The summed E-state index contributed by atoms with van der Waals surface area (Å²) in [6, 6.07) is 10.3. The lowest BCUT2D eigenvalue weighted by Gasteiger charge is -2.22. The lowest BCUT2D eigenvalue weighted by Crippen LogP contribution is -2.21. The standard InChI is InChI=1S/C11H13O2/c1-11(2,8-10(12)13)9-6-4-3-5-7-9/h4-7H,8H2,1-2H3,(H,12,13). The molecule has 1 aromatic carbocycles. The van der Waals surface area contributed by atoms with Crippen LogP contribution in [0.2, 0.25) is 0 Å². The van der Waals surface area contributed by atoms with Gasteiger partial charge in [-0.3, -0.25) is 4.79 Å². The fourth-order valence-electron chi connectivity index (χ4n) is 1.32. The van der Waals surface area contributed by atoms with Crippen LogP contribution in [-0.4, -0.2) is 11.1 Å². The Morgan fingerprint density at radius 2 is 2.00 bits per heavy atom. The summed E-state index contributed by atoms with van der Waals surface area (Å²) in [6.45, 7) is 3.85. The highest BCUT2D eigenvalue weighted by Gasteiger charge is 2.23. The molecule has 0 spiro atoms. The van der Waals surface area contributed by atoms with Crippen LogP contribution in [0.1, 0.15) is 25.8 Å². The monoisotopic (exact) mass is 177 g/mol. The molecule has 2 heteroatoms. The van der Waals surface area contributed by atoms with Gasteiger partial charge in [-0.1, -0.05) is 38.1 Å². The number of benzene rings is 1. The summed E-state index contributed by atoms with van der Waals surface area (Å²) >= 11 is 0. The summed E-state index contributed by atoms with van der Waals surface area (Å²) in [5.74, 6) is -0.766. The summed E-state index contributed by atoms with van der Waals surface area (Å²) in [5.41, 5.74) is 0.731. The van der Waals surface area contributed by atoms with E-state index >= 15 is 0 Å². The number of carbonyl (C=O) groups is 1. The highest BCUT2D eigenvalue weighted by molar-refractivity contribution is 5.68. The lowest BCUT2D eigenvalue weighted by molar-refractivity contribution is -0.138. The number of carboxylic acids is 1. The van der Waals surface area contributed by atoms with E-state index in [2.05, 4.69) is 6.07 Å². The Morgan fingerprint density at radius 3 is 2.46 bits per heavy atom. The van der Waals surface area contributed by atoms with Crippen LogP contribution in [0.15, 0.2) is 24.3 Å². The molecule has 0 unspecified atom stereocenters. The van der Waals surface area contributed by atoms with Crippen molar-refractivity contribution in [2.75, 3.05) is 0 Å². The summed E-state index contributed by atoms with van der Waals surface area (Å²) < 4.78 is 0. The molecule has 1 radical (unpaired) electrons. The van der Waals surface area contributed by atoms with Gasteiger partial charge in [0.2, 0.25) is 0 Å². The SMILES string of the molecule is CC(C)(CC(=O)O)c1cc[c]cc1. The first-order valence-electron chi connectivity index (χ1n) is 4.21. The molecule has 0 saturated heterocycles. The Bertz CT molecular complexity index is 288.